The van der Waals surface area contributed by atoms with Gasteiger partial charge in [0.25, 0.3) is 11.8 Å². The minimum absolute atomic E-state index is 0.108. The predicted molar refractivity (Wildman–Crippen MR) is 249 cm³/mol. The van der Waals surface area contributed by atoms with Crippen LogP contribution in [0.25, 0.3) is 11.0 Å². The summed E-state index contributed by atoms with van der Waals surface area (Å²) < 4.78 is 146. The molecule has 1 saturated carbocycles. The van der Waals surface area contributed by atoms with Crippen LogP contribution in [0.1, 0.15) is 133 Å². The molecule has 2 N–H and O–H groups in total. The molecule has 1 unspecified atom stereocenters. The number of rotatable bonds is 11. The first kappa shape index (κ1) is 51.7. The third-order valence-electron chi connectivity index (χ3n) is 13.1. The smallest absolute Gasteiger partial charge is 0.450 e. The minimum atomic E-state index is -6.66. The first-order valence-corrected chi connectivity index (χ1v) is 24.4. The molecule has 0 saturated heterocycles. The second kappa shape index (κ2) is 18.4. The Morgan fingerprint density at radius 3 is 1.90 bits per heavy atom. The van der Waals surface area contributed by atoms with E-state index in [2.05, 4.69) is 61.3 Å². The number of halogens is 7. The van der Waals surface area contributed by atoms with Crippen molar-refractivity contribution in [1.82, 2.24) is 10.6 Å². The van der Waals surface area contributed by atoms with Crippen molar-refractivity contribution in [2.75, 3.05) is 18.0 Å². The number of carbonyl (C=O) groups excluding carboxylic acids is 3. The van der Waals surface area contributed by atoms with Crippen molar-refractivity contribution in [3.63, 3.8) is 0 Å². The van der Waals surface area contributed by atoms with E-state index in [1.54, 1.807) is 0 Å². The molecule has 1 atom stereocenters. The van der Waals surface area contributed by atoms with Crippen LogP contribution in [0.3, 0.4) is 0 Å². The van der Waals surface area contributed by atoms with Gasteiger partial charge in [-0.3, -0.25) is 9.59 Å². The Morgan fingerprint density at radius 2 is 1.32 bits per heavy atom. The Bertz CT molecular complexity index is 3210. The number of hydrogen-bond donors (Lipinski definition) is 2. The molecular formula is C51H50F7N3O10S. The van der Waals surface area contributed by atoms with Crippen LogP contribution in [-0.2, 0) is 20.5 Å². The molecule has 1 fully saturated rings. The molecular weight excluding hydrogens is 980 g/mol. The van der Waals surface area contributed by atoms with Gasteiger partial charge in [0.2, 0.25) is 11.6 Å². The van der Waals surface area contributed by atoms with Crippen molar-refractivity contribution in [1.29, 1.82) is 0 Å². The second-order valence-corrected chi connectivity index (χ2v) is 22.3. The van der Waals surface area contributed by atoms with Gasteiger partial charge in [0.1, 0.15) is 17.0 Å². The standard InChI is InChI=1S/C51H50F7N3O10S/c1-25-36(52)23-34-41(39(25)54)69-42-35(24-37(53)43(40(42)55)71-72(66,67)51(56,57)58)50(34)33-15-9-27(21-31(33)47(65)70-50)44(62)59-28-10-12-29(13-11-28)60-45(63)32-20-26-8-14-30(22-38(26)68-46(32)64)61(18-16-48(2,3)4)19-17-49(5,6)7/h8-9,14-15,20-24,28-29H,10-13,16-19H2,1-7H3,(H,59,62)(H,60,63). The number of nitrogens with one attached hydrogen (secondary N) is 2. The summed E-state index contributed by atoms with van der Waals surface area (Å²) in [5.41, 5.74) is -11.3. The Hall–Kier alpha value is -6.64. The summed E-state index contributed by atoms with van der Waals surface area (Å²) in [5.74, 6) is -13.9. The average molecular weight is 1030 g/mol. The lowest BCUT2D eigenvalue weighted by Crippen LogP contribution is -2.44. The van der Waals surface area contributed by atoms with E-state index in [1.807, 2.05) is 18.2 Å². The van der Waals surface area contributed by atoms with Gasteiger partial charge in [-0.2, -0.15) is 26.0 Å². The monoisotopic (exact) mass is 1030 g/mol. The summed E-state index contributed by atoms with van der Waals surface area (Å²) >= 11 is 0. The van der Waals surface area contributed by atoms with Crippen LogP contribution in [0.5, 0.6) is 17.2 Å². The maximum Gasteiger partial charge on any atom is 0.534 e. The first-order chi connectivity index (χ1) is 33.5. The molecule has 2 amide bonds. The molecule has 72 heavy (non-hydrogen) atoms. The van der Waals surface area contributed by atoms with Crippen molar-refractivity contribution in [2.45, 2.75) is 110 Å². The highest BCUT2D eigenvalue weighted by Crippen LogP contribution is 2.59. The fourth-order valence-corrected chi connectivity index (χ4v) is 9.44. The molecule has 8 rings (SSSR count). The summed E-state index contributed by atoms with van der Waals surface area (Å²) in [4.78, 5) is 56.3. The molecule has 4 aromatic carbocycles. The molecule has 5 aromatic rings. The normalized spacial score (nSPS) is 18.7. The van der Waals surface area contributed by atoms with E-state index in [0.717, 1.165) is 50.7 Å². The number of ether oxygens (including phenoxy) is 2. The van der Waals surface area contributed by atoms with E-state index < -0.39 is 113 Å². The average Bonchev–Trinajstić information content (AvgIpc) is 3.58. The van der Waals surface area contributed by atoms with Crippen molar-refractivity contribution < 1.29 is 71.6 Å². The van der Waals surface area contributed by atoms with Crippen molar-refractivity contribution in [3.05, 3.63) is 127 Å². The van der Waals surface area contributed by atoms with Crippen molar-refractivity contribution in [3.8, 4) is 17.2 Å². The van der Waals surface area contributed by atoms with Crippen molar-refractivity contribution >= 4 is 44.6 Å². The van der Waals surface area contributed by atoms with Gasteiger partial charge >= 0.3 is 27.2 Å². The molecule has 3 heterocycles. The van der Waals surface area contributed by atoms with Gasteiger partial charge < -0.3 is 33.6 Å². The van der Waals surface area contributed by atoms with Crippen LogP contribution in [0.2, 0.25) is 0 Å². The van der Waals surface area contributed by atoms with Crippen LogP contribution >= 0.6 is 0 Å². The van der Waals surface area contributed by atoms with Crippen LogP contribution in [0, 0.1) is 41.0 Å². The SMILES string of the molecule is Cc1c(F)cc2c(c1F)Oc1c(cc(F)c(OS(=O)(=O)C(F)(F)F)c1F)C21OC(=O)c2cc(C(=O)NC3CCC(NC(=O)c4cc5ccc(N(CCC(C)(C)C)CCC(C)(C)C)cc5oc4=O)CC3)ccc21. The van der Waals surface area contributed by atoms with Gasteiger partial charge in [-0.05, 0) is 98.7 Å². The number of esters is 1. The molecule has 384 valence electrons. The van der Waals surface area contributed by atoms with E-state index in [0.29, 0.717) is 42.7 Å². The highest BCUT2D eigenvalue weighted by molar-refractivity contribution is 7.88. The van der Waals surface area contributed by atoms with E-state index in [1.165, 1.54) is 12.1 Å². The Kier molecular flexibility index (Phi) is 13.2. The van der Waals surface area contributed by atoms with Gasteiger partial charge in [0, 0.05) is 59.0 Å². The van der Waals surface area contributed by atoms with Gasteiger partial charge in [0.05, 0.1) is 16.7 Å². The van der Waals surface area contributed by atoms with E-state index in [4.69, 9.17) is 13.9 Å². The maximum atomic E-state index is 16.0. The van der Waals surface area contributed by atoms with Crippen LogP contribution in [0.4, 0.5) is 36.4 Å². The summed E-state index contributed by atoms with van der Waals surface area (Å²) in [6.45, 7) is 15.7. The zero-order chi connectivity index (χ0) is 52.6. The molecule has 13 nitrogen and oxygen atoms in total. The Morgan fingerprint density at radius 1 is 0.750 bits per heavy atom. The van der Waals surface area contributed by atoms with Crippen molar-refractivity contribution in [2.24, 2.45) is 10.8 Å². The van der Waals surface area contributed by atoms with Gasteiger partial charge in [0.15, 0.2) is 28.7 Å². The van der Waals surface area contributed by atoms with Gasteiger partial charge in [-0.1, -0.05) is 47.6 Å². The summed E-state index contributed by atoms with van der Waals surface area (Å²) in [6, 6.07) is 10.6. The molecule has 1 spiro atoms. The maximum absolute atomic E-state index is 16.0. The third-order valence-corrected chi connectivity index (χ3v) is 14.0. The lowest BCUT2D eigenvalue weighted by molar-refractivity contribution is -0.0502. The minimum Gasteiger partial charge on any atom is -0.450 e. The molecule has 0 bridgehead atoms. The molecule has 1 aliphatic carbocycles. The number of alkyl halides is 3. The number of amides is 2. The Balaban J connectivity index is 0.975. The summed E-state index contributed by atoms with van der Waals surface area (Å²) in [7, 11) is -6.66. The third kappa shape index (κ3) is 9.83. The number of hydrogen-bond acceptors (Lipinski definition) is 11. The second-order valence-electron chi connectivity index (χ2n) is 20.7. The topological polar surface area (TPSA) is 171 Å². The first-order valence-electron chi connectivity index (χ1n) is 23.0. The highest BCUT2D eigenvalue weighted by Gasteiger charge is 2.57. The van der Waals surface area contributed by atoms with Crippen LogP contribution in [0.15, 0.2) is 63.8 Å². The molecule has 21 heteroatoms. The molecule has 1 aromatic heterocycles. The molecule has 2 aliphatic heterocycles. The number of nitrogens with zero attached hydrogens (tertiary/aromatic N) is 1. The zero-order valence-corrected chi connectivity index (χ0v) is 40.9. The fraction of sp³-hybridized carbons (Fsp3) is 0.412. The van der Waals surface area contributed by atoms with Gasteiger partial charge in [-0.25, -0.2) is 22.8 Å². The fourth-order valence-electron chi connectivity index (χ4n) is 8.97. The predicted octanol–water partition coefficient (Wildman–Crippen LogP) is 10.6. The largest absolute Gasteiger partial charge is 0.534 e. The van der Waals surface area contributed by atoms with Gasteiger partial charge in [-0.15, -0.1) is 0 Å². The number of carbonyl (C=O) groups is 3. The van der Waals surface area contributed by atoms with E-state index in [9.17, 15) is 40.8 Å². The molecule has 3 aliphatic rings. The quantitative estimate of drug-likeness (QED) is 0.0424. The summed E-state index contributed by atoms with van der Waals surface area (Å²) in [6.07, 6.45) is 3.43. The summed E-state index contributed by atoms with van der Waals surface area (Å²) in [5, 5.41) is 6.33. The zero-order valence-electron chi connectivity index (χ0n) is 40.1. The highest BCUT2D eigenvalue weighted by atomic mass is 32.2. The number of anilines is 1. The number of fused-ring (bicyclic) bond motifs is 7. The molecule has 0 radical (unpaired) electrons. The lowest BCUT2D eigenvalue weighted by Gasteiger charge is -2.37. The number of benzene rings is 4. The van der Waals surface area contributed by atoms with E-state index in [-0.39, 0.29) is 39.6 Å². The van der Waals surface area contributed by atoms with Crippen LogP contribution < -0.4 is 30.1 Å². The van der Waals surface area contributed by atoms with E-state index >= 15 is 17.6 Å². The van der Waals surface area contributed by atoms with Crippen LogP contribution in [-0.4, -0.2) is 56.9 Å². The lowest BCUT2D eigenvalue weighted by atomic mass is 9.76. The Labute approximate surface area is 409 Å².